The summed E-state index contributed by atoms with van der Waals surface area (Å²) in [7, 11) is 0. The van der Waals surface area contributed by atoms with Gasteiger partial charge in [-0.3, -0.25) is 4.79 Å². The maximum atomic E-state index is 12.8. The van der Waals surface area contributed by atoms with Crippen LogP contribution in [-0.4, -0.2) is 47.9 Å². The topological polar surface area (TPSA) is 66.8 Å². The van der Waals surface area contributed by atoms with E-state index in [1.54, 1.807) is 0 Å². The quantitative estimate of drug-likeness (QED) is 0.804. The summed E-state index contributed by atoms with van der Waals surface area (Å²) in [6.45, 7) is 2.68. The number of hydrogen-bond acceptors (Lipinski definition) is 3. The number of carboxylic acid groups (broad SMARTS) is 1. The molecule has 1 amide bonds. The summed E-state index contributed by atoms with van der Waals surface area (Å²) in [6.07, 6.45) is -5.61. The third-order valence-electron chi connectivity index (χ3n) is 3.15. The van der Waals surface area contributed by atoms with Crippen molar-refractivity contribution in [2.45, 2.75) is 19.0 Å². The van der Waals surface area contributed by atoms with E-state index in [9.17, 15) is 22.8 Å². The minimum absolute atomic E-state index is 0.0430. The molecule has 8 heteroatoms. The fourth-order valence-electron chi connectivity index (χ4n) is 1.91. The van der Waals surface area contributed by atoms with Gasteiger partial charge in [0.2, 0.25) is 0 Å². The van der Waals surface area contributed by atoms with Crippen LogP contribution >= 0.6 is 0 Å². The molecule has 0 aromatic heterocycles. The Morgan fingerprint density at radius 3 is 2.26 bits per heavy atom. The van der Waals surface area contributed by atoms with Gasteiger partial charge < -0.3 is 14.7 Å². The van der Waals surface area contributed by atoms with Crippen molar-refractivity contribution in [3.8, 4) is 0 Å². The number of ether oxygens (including phenoxy) is 1. The first kappa shape index (κ1) is 15.3. The van der Waals surface area contributed by atoms with E-state index in [1.165, 1.54) is 6.08 Å². The maximum absolute atomic E-state index is 12.8. The highest BCUT2D eigenvalue weighted by Gasteiger charge is 2.61. The lowest BCUT2D eigenvalue weighted by molar-refractivity contribution is -0.241. The Bertz CT molecular complexity index is 373. The fourth-order valence-corrected chi connectivity index (χ4v) is 1.91. The fraction of sp³-hybridized carbons (Fsp3) is 0.636. The van der Waals surface area contributed by atoms with Crippen LogP contribution in [0.25, 0.3) is 0 Å². The molecule has 1 aliphatic rings. The molecule has 0 atom stereocenters. The van der Waals surface area contributed by atoms with Crippen molar-refractivity contribution >= 4 is 12.1 Å². The van der Waals surface area contributed by atoms with Crippen LogP contribution in [0.3, 0.4) is 0 Å². The molecule has 1 saturated heterocycles. The molecule has 0 radical (unpaired) electrons. The molecule has 0 spiro atoms. The number of carbonyl (C=O) groups is 2. The summed E-state index contributed by atoms with van der Waals surface area (Å²) in [4.78, 5) is 23.4. The highest BCUT2D eigenvalue weighted by atomic mass is 19.4. The van der Waals surface area contributed by atoms with Gasteiger partial charge >= 0.3 is 18.2 Å². The highest BCUT2D eigenvalue weighted by Crippen LogP contribution is 2.46. The van der Waals surface area contributed by atoms with Crippen molar-refractivity contribution in [2.24, 2.45) is 5.41 Å². The molecular weight excluding hydrogens is 267 g/mol. The van der Waals surface area contributed by atoms with Gasteiger partial charge in [-0.1, -0.05) is 12.7 Å². The summed E-state index contributed by atoms with van der Waals surface area (Å²) >= 11 is 0. The number of carboxylic acids is 1. The van der Waals surface area contributed by atoms with Crippen molar-refractivity contribution in [2.75, 3.05) is 19.7 Å². The van der Waals surface area contributed by atoms with E-state index in [4.69, 9.17) is 5.11 Å². The molecule has 19 heavy (non-hydrogen) atoms. The van der Waals surface area contributed by atoms with Gasteiger partial charge in [-0.25, -0.2) is 4.79 Å². The number of nitrogens with zero attached hydrogens (tertiary/aromatic N) is 1. The second-order valence-corrected chi connectivity index (χ2v) is 4.24. The molecule has 1 fully saturated rings. The third-order valence-corrected chi connectivity index (χ3v) is 3.15. The van der Waals surface area contributed by atoms with Crippen molar-refractivity contribution < 1.29 is 32.6 Å². The molecule has 0 unspecified atom stereocenters. The van der Waals surface area contributed by atoms with Crippen LogP contribution in [0.15, 0.2) is 12.7 Å². The predicted octanol–water partition coefficient (Wildman–Crippen LogP) is 2.04. The number of halogens is 3. The number of likely N-dealkylation sites (tertiary alicyclic amines) is 1. The van der Waals surface area contributed by atoms with E-state index in [-0.39, 0.29) is 19.7 Å². The smallest absolute Gasteiger partial charge is 0.410 e. The summed E-state index contributed by atoms with van der Waals surface area (Å²) in [5.41, 5.74) is -2.78. The molecule has 1 aliphatic heterocycles. The Labute approximate surface area is 107 Å². The number of carbonyl (C=O) groups excluding carboxylic acids is 1. The Balaban J connectivity index is 2.71. The molecule has 0 aromatic carbocycles. The normalized spacial score (nSPS) is 18.8. The van der Waals surface area contributed by atoms with E-state index >= 15 is 0 Å². The summed E-state index contributed by atoms with van der Waals surface area (Å²) in [5.74, 6) is -1.90. The SMILES string of the molecule is C=CCOC(=O)N1CCC(C(=O)O)(C(F)(F)F)CC1. The number of aliphatic carboxylic acids is 1. The van der Waals surface area contributed by atoms with Gasteiger partial charge in [0.15, 0.2) is 5.41 Å². The zero-order valence-electron chi connectivity index (χ0n) is 10.1. The average molecular weight is 281 g/mol. The lowest BCUT2D eigenvalue weighted by Crippen LogP contribution is -2.53. The molecular formula is C11H14F3NO4. The van der Waals surface area contributed by atoms with E-state index < -0.39 is 36.5 Å². The minimum Gasteiger partial charge on any atom is -0.481 e. The van der Waals surface area contributed by atoms with Crippen LogP contribution in [-0.2, 0) is 9.53 Å². The van der Waals surface area contributed by atoms with Gasteiger partial charge in [-0.15, -0.1) is 0 Å². The molecule has 1 heterocycles. The molecule has 0 aliphatic carbocycles. The summed E-state index contributed by atoms with van der Waals surface area (Å²) < 4.78 is 43.2. The highest BCUT2D eigenvalue weighted by molar-refractivity contribution is 5.76. The molecule has 1 N–H and O–H groups in total. The molecule has 108 valence electrons. The monoisotopic (exact) mass is 281 g/mol. The van der Waals surface area contributed by atoms with Gasteiger partial charge in [0.1, 0.15) is 6.61 Å². The van der Waals surface area contributed by atoms with Crippen molar-refractivity contribution in [1.82, 2.24) is 4.90 Å². The van der Waals surface area contributed by atoms with Crippen LogP contribution < -0.4 is 0 Å². The second-order valence-electron chi connectivity index (χ2n) is 4.24. The average Bonchev–Trinajstić information content (AvgIpc) is 2.34. The first-order chi connectivity index (χ1) is 8.74. The Morgan fingerprint density at radius 1 is 1.37 bits per heavy atom. The van der Waals surface area contributed by atoms with Crippen LogP contribution in [0.1, 0.15) is 12.8 Å². The first-order valence-electron chi connectivity index (χ1n) is 5.57. The van der Waals surface area contributed by atoms with Gasteiger partial charge in [0, 0.05) is 13.1 Å². The summed E-state index contributed by atoms with van der Waals surface area (Å²) in [5, 5.41) is 8.82. The van der Waals surface area contributed by atoms with Crippen LogP contribution in [0.4, 0.5) is 18.0 Å². The first-order valence-corrected chi connectivity index (χ1v) is 5.57. The lowest BCUT2D eigenvalue weighted by atomic mass is 9.78. The van der Waals surface area contributed by atoms with Crippen molar-refractivity contribution in [1.29, 1.82) is 0 Å². The number of piperidine rings is 1. The van der Waals surface area contributed by atoms with Gasteiger partial charge in [-0.2, -0.15) is 13.2 Å². The third kappa shape index (κ3) is 2.99. The maximum Gasteiger partial charge on any atom is 0.410 e. The zero-order chi connectivity index (χ0) is 14.7. The van der Waals surface area contributed by atoms with E-state index in [1.807, 2.05) is 0 Å². The van der Waals surface area contributed by atoms with Gasteiger partial charge in [-0.05, 0) is 12.8 Å². The molecule has 1 rings (SSSR count). The van der Waals surface area contributed by atoms with E-state index in [0.29, 0.717) is 0 Å². The number of alkyl halides is 3. The Morgan fingerprint density at radius 2 is 1.89 bits per heavy atom. The van der Waals surface area contributed by atoms with Crippen LogP contribution in [0, 0.1) is 5.41 Å². The Hall–Kier alpha value is -1.73. The van der Waals surface area contributed by atoms with Gasteiger partial charge in [0.25, 0.3) is 0 Å². The number of rotatable bonds is 3. The molecule has 0 bridgehead atoms. The predicted molar refractivity (Wildman–Crippen MR) is 58.5 cm³/mol. The second kappa shape index (κ2) is 5.50. The van der Waals surface area contributed by atoms with E-state index in [0.717, 1.165) is 4.90 Å². The molecule has 0 saturated carbocycles. The van der Waals surface area contributed by atoms with Crippen molar-refractivity contribution in [3.63, 3.8) is 0 Å². The largest absolute Gasteiger partial charge is 0.481 e. The van der Waals surface area contributed by atoms with E-state index in [2.05, 4.69) is 11.3 Å². The van der Waals surface area contributed by atoms with Crippen LogP contribution in [0.2, 0.25) is 0 Å². The Kier molecular flexibility index (Phi) is 4.43. The van der Waals surface area contributed by atoms with Crippen molar-refractivity contribution in [3.05, 3.63) is 12.7 Å². The standard InChI is InChI=1S/C11H14F3NO4/c1-2-7-19-9(18)15-5-3-10(4-6-15,8(16)17)11(12,13)14/h2H,1,3-7H2,(H,16,17). The summed E-state index contributed by atoms with van der Waals surface area (Å²) in [6, 6.07) is 0. The van der Waals surface area contributed by atoms with Gasteiger partial charge in [0.05, 0.1) is 0 Å². The number of hydrogen-bond donors (Lipinski definition) is 1. The minimum atomic E-state index is -4.84. The molecule has 0 aromatic rings. The van der Waals surface area contributed by atoms with Crippen LogP contribution in [0.5, 0.6) is 0 Å². The number of amides is 1. The molecule has 5 nitrogen and oxygen atoms in total. The zero-order valence-corrected chi connectivity index (χ0v) is 10.1. The lowest BCUT2D eigenvalue weighted by Gasteiger charge is -2.39.